The fourth-order valence-corrected chi connectivity index (χ4v) is 6.80. The second kappa shape index (κ2) is 12.7. The maximum atomic E-state index is 12.7. The van der Waals surface area contributed by atoms with E-state index in [0.29, 0.717) is 24.1 Å². The Hall–Kier alpha value is -2.94. The van der Waals surface area contributed by atoms with Gasteiger partial charge in [-0.05, 0) is 0 Å². The predicted octanol–water partition coefficient (Wildman–Crippen LogP) is 5.89. The van der Waals surface area contributed by atoms with Gasteiger partial charge in [0.15, 0.2) is 0 Å². The van der Waals surface area contributed by atoms with E-state index >= 15 is 0 Å². The number of unbranched alkanes of at least 4 members (excludes halogenated alkanes) is 1. The van der Waals surface area contributed by atoms with Crippen LogP contribution in [0.1, 0.15) is 51.6 Å². The molecule has 211 valence electrons. The van der Waals surface area contributed by atoms with Crippen molar-refractivity contribution < 1.29 is 35.4 Å². The second-order valence-electron chi connectivity index (χ2n) is 9.54. The normalized spacial score (nSPS) is 14.3. The number of carbonyl (C=O) groups is 2. The zero-order chi connectivity index (χ0) is 28.9. The number of benzene rings is 3. The third-order valence-corrected chi connectivity index (χ3v) is 9.91. The summed E-state index contributed by atoms with van der Waals surface area (Å²) >= 11 is -0.495. The van der Waals surface area contributed by atoms with Crippen LogP contribution in [0.15, 0.2) is 66.7 Å². The van der Waals surface area contributed by atoms with Crippen LogP contribution in [0.25, 0.3) is 11.1 Å². The van der Waals surface area contributed by atoms with E-state index < -0.39 is 31.4 Å². The Morgan fingerprint density at radius 2 is 1.52 bits per heavy atom. The molecule has 0 atom stereocenters. The third-order valence-electron chi connectivity index (χ3n) is 6.65. The molecule has 1 aliphatic heterocycles. The summed E-state index contributed by atoms with van der Waals surface area (Å²) in [6.07, 6.45) is 2.48. The van der Waals surface area contributed by atoms with Crippen LogP contribution in [0.2, 0.25) is 5.21 Å². The van der Waals surface area contributed by atoms with Gasteiger partial charge in [-0.3, -0.25) is 0 Å². The van der Waals surface area contributed by atoms with Gasteiger partial charge in [-0.2, -0.15) is 13.2 Å². The van der Waals surface area contributed by atoms with Gasteiger partial charge >= 0.3 is 226 Å². The molecule has 1 heterocycles. The van der Waals surface area contributed by atoms with Crippen molar-refractivity contribution >= 4 is 36.2 Å². The number of nitrogens with zero attached hydrogens (tertiary/aromatic N) is 1. The fourth-order valence-electron chi connectivity index (χ4n) is 4.43. The van der Waals surface area contributed by atoms with E-state index in [1.54, 1.807) is 18.2 Å². The molecule has 0 aromatic heterocycles. The summed E-state index contributed by atoms with van der Waals surface area (Å²) in [6, 6.07) is 19.1. The summed E-state index contributed by atoms with van der Waals surface area (Å²) in [6.45, 7) is 3.60. The number of hydrogen-bond acceptors (Lipinski definition) is 6. The summed E-state index contributed by atoms with van der Waals surface area (Å²) in [4.78, 5) is 26.3. The number of rotatable bonds is 11. The van der Waals surface area contributed by atoms with Crippen molar-refractivity contribution in [2.45, 2.75) is 43.4 Å². The van der Waals surface area contributed by atoms with Crippen molar-refractivity contribution in [1.82, 2.24) is 4.90 Å². The summed E-state index contributed by atoms with van der Waals surface area (Å²) in [7, 11) is -5.71. The molecule has 0 saturated carbocycles. The number of Topliss-reactive ketones (excluding diaryl/α,β-unsaturated/α-hetero) is 1. The van der Waals surface area contributed by atoms with Gasteiger partial charge in [0.05, 0.1) is 0 Å². The molecule has 0 amide bonds. The molecular weight excluding hydrogens is 606 g/mol. The third kappa shape index (κ3) is 7.62. The Bertz CT molecular complexity index is 1470. The molecule has 6 nitrogen and oxygen atoms in total. The van der Waals surface area contributed by atoms with Crippen LogP contribution in [0.5, 0.6) is 5.75 Å². The monoisotopic (exact) mass is 634 g/mol. The minimum atomic E-state index is -5.71. The van der Waals surface area contributed by atoms with Crippen LogP contribution >= 0.6 is 0 Å². The fraction of sp³-hybridized carbons (Fsp3) is 0.310. The Labute approximate surface area is 238 Å². The SMILES string of the molecule is CC(=O)c1ccc(-c2ccc(C(=O)[As]CCCCN3CCc4ccc(OS(=O)(=O)C(F)(F)F)cc4C3)cc2)cc1. The molecule has 4 rings (SSSR count). The number of ketones is 1. The predicted molar refractivity (Wildman–Crippen MR) is 147 cm³/mol. The summed E-state index contributed by atoms with van der Waals surface area (Å²) in [5.41, 5.74) is -0.455. The van der Waals surface area contributed by atoms with Gasteiger partial charge in [-0.1, -0.05) is 0 Å². The quantitative estimate of drug-likeness (QED) is 0.0862. The molecule has 1 aliphatic rings. The van der Waals surface area contributed by atoms with Crippen LogP contribution in [0.4, 0.5) is 13.2 Å². The van der Waals surface area contributed by atoms with Crippen molar-refractivity contribution in [3.05, 3.63) is 89.0 Å². The van der Waals surface area contributed by atoms with E-state index in [4.69, 9.17) is 0 Å². The molecule has 3 aromatic rings. The topological polar surface area (TPSA) is 80.8 Å². The van der Waals surface area contributed by atoms with E-state index in [-0.39, 0.29) is 16.1 Å². The molecule has 40 heavy (non-hydrogen) atoms. The molecule has 0 saturated heterocycles. The van der Waals surface area contributed by atoms with E-state index in [9.17, 15) is 31.2 Å². The summed E-state index contributed by atoms with van der Waals surface area (Å²) in [5, 5.41) is 0.835. The molecule has 0 aliphatic carbocycles. The van der Waals surface area contributed by atoms with Gasteiger partial charge in [-0.15, -0.1) is 0 Å². The number of alkyl halides is 3. The molecule has 0 fully saturated rings. The molecule has 0 unspecified atom stereocenters. The van der Waals surface area contributed by atoms with Crippen LogP contribution in [0, 0.1) is 0 Å². The van der Waals surface area contributed by atoms with Crippen molar-refractivity contribution in [3.63, 3.8) is 0 Å². The molecule has 1 radical (unpaired) electrons. The zero-order valence-electron chi connectivity index (χ0n) is 21.8. The van der Waals surface area contributed by atoms with Crippen molar-refractivity contribution in [2.24, 2.45) is 0 Å². The Kier molecular flexibility index (Phi) is 9.54. The van der Waals surface area contributed by atoms with E-state index in [0.717, 1.165) is 53.4 Å². The molecule has 0 bridgehead atoms. The zero-order valence-corrected chi connectivity index (χ0v) is 24.5. The number of halogens is 3. The van der Waals surface area contributed by atoms with Gasteiger partial charge in [0.25, 0.3) is 0 Å². The van der Waals surface area contributed by atoms with Crippen LogP contribution in [-0.4, -0.2) is 58.0 Å². The molecule has 0 N–H and O–H groups in total. The Balaban J connectivity index is 1.21. The molecule has 11 heteroatoms. The first kappa shape index (κ1) is 30.0. The van der Waals surface area contributed by atoms with E-state index in [1.807, 2.05) is 36.4 Å². The minimum absolute atomic E-state index is 0.0173. The molecule has 0 spiro atoms. The first-order valence-corrected chi connectivity index (χ1v) is 16.4. The van der Waals surface area contributed by atoms with Crippen molar-refractivity contribution in [2.75, 3.05) is 13.1 Å². The van der Waals surface area contributed by atoms with E-state index in [1.165, 1.54) is 19.1 Å². The average Bonchev–Trinajstić information content (AvgIpc) is 2.92. The van der Waals surface area contributed by atoms with E-state index in [2.05, 4.69) is 9.08 Å². The Morgan fingerprint density at radius 1 is 0.900 bits per heavy atom. The van der Waals surface area contributed by atoms with Gasteiger partial charge in [0.1, 0.15) is 0 Å². The Morgan fingerprint density at radius 3 is 2.12 bits per heavy atom. The number of fused-ring (bicyclic) bond motifs is 1. The van der Waals surface area contributed by atoms with Crippen LogP contribution < -0.4 is 4.18 Å². The van der Waals surface area contributed by atoms with Crippen molar-refractivity contribution in [3.8, 4) is 16.9 Å². The molecule has 3 aromatic carbocycles. The molecular formula is C29H28AsF3NO5S. The number of carbonyl (C=O) groups excluding carboxylic acids is 2. The standard InChI is InChI=1S/C29H28AsF3NO5S/c1-20(35)21-4-6-22(7-5-21)23-8-10-25(11-9-23)28(36)30-15-2-3-16-34-17-14-24-12-13-27(18-26(24)19-34)39-40(37,38)29(31,32)33/h4-13,18H,2-3,14-17,19H2,1H3. The summed E-state index contributed by atoms with van der Waals surface area (Å²) < 4.78 is 65.0. The van der Waals surface area contributed by atoms with Gasteiger partial charge in [0.2, 0.25) is 0 Å². The average molecular weight is 635 g/mol. The first-order chi connectivity index (χ1) is 18.9. The summed E-state index contributed by atoms with van der Waals surface area (Å²) in [5.74, 6) is -0.331. The van der Waals surface area contributed by atoms with Gasteiger partial charge in [-0.25, -0.2) is 0 Å². The maximum absolute atomic E-state index is 12.7. The van der Waals surface area contributed by atoms with Crippen LogP contribution in [0.3, 0.4) is 0 Å². The van der Waals surface area contributed by atoms with Crippen molar-refractivity contribution in [1.29, 1.82) is 0 Å². The van der Waals surface area contributed by atoms with Gasteiger partial charge < -0.3 is 0 Å². The van der Waals surface area contributed by atoms with Crippen LogP contribution in [-0.2, 0) is 23.1 Å². The second-order valence-corrected chi connectivity index (χ2v) is 13.5. The first-order valence-electron chi connectivity index (χ1n) is 12.7. The number of hydrogen-bond donors (Lipinski definition) is 0. The van der Waals surface area contributed by atoms with Gasteiger partial charge in [0, 0.05) is 0 Å².